The summed E-state index contributed by atoms with van der Waals surface area (Å²) in [5.74, 6) is -0.848. The number of pyridine rings is 1. The summed E-state index contributed by atoms with van der Waals surface area (Å²) >= 11 is 12.4. The first kappa shape index (κ1) is 18.0. The van der Waals surface area contributed by atoms with Crippen molar-refractivity contribution in [2.24, 2.45) is 0 Å². The highest BCUT2D eigenvalue weighted by Crippen LogP contribution is 2.33. The third-order valence-electron chi connectivity index (χ3n) is 3.67. The molecule has 2 aromatic carbocycles. The van der Waals surface area contributed by atoms with Gasteiger partial charge in [0.05, 0.1) is 21.3 Å². The molecule has 8 heteroatoms. The van der Waals surface area contributed by atoms with E-state index in [-0.39, 0.29) is 21.5 Å². The smallest absolute Gasteiger partial charge is 0.258 e. The largest absolute Gasteiger partial charge is 0.619 e. The standard InChI is InChI=1S/C18H13Cl2N3O3/c1-10(24)21-15-6-5-13(19)16(17(15)20)18(25)22-14-4-2-3-11-9-23(26)8-7-12(11)14/h2-9H,1H3,(H,21,24)(H,22,25). The van der Waals surface area contributed by atoms with Crippen LogP contribution in [0.15, 0.2) is 48.8 Å². The zero-order valence-electron chi connectivity index (χ0n) is 13.5. The highest BCUT2D eigenvalue weighted by molar-refractivity contribution is 6.42. The summed E-state index contributed by atoms with van der Waals surface area (Å²) < 4.78 is 0.679. The van der Waals surface area contributed by atoms with E-state index in [0.29, 0.717) is 26.9 Å². The third-order valence-corrected chi connectivity index (χ3v) is 4.38. The Bertz CT molecular complexity index is 1040. The summed E-state index contributed by atoms with van der Waals surface area (Å²) in [6.45, 7) is 1.34. The van der Waals surface area contributed by atoms with Crippen LogP contribution in [0.5, 0.6) is 0 Å². The predicted molar refractivity (Wildman–Crippen MR) is 102 cm³/mol. The molecule has 0 saturated heterocycles. The fourth-order valence-electron chi connectivity index (χ4n) is 2.55. The van der Waals surface area contributed by atoms with Gasteiger partial charge in [0.2, 0.25) is 5.91 Å². The zero-order chi connectivity index (χ0) is 18.8. The van der Waals surface area contributed by atoms with Gasteiger partial charge in [-0.2, -0.15) is 4.73 Å². The monoisotopic (exact) mass is 389 g/mol. The summed E-state index contributed by atoms with van der Waals surface area (Å²) in [6.07, 6.45) is 2.75. The van der Waals surface area contributed by atoms with E-state index in [1.165, 1.54) is 31.5 Å². The molecule has 1 aromatic heterocycles. The van der Waals surface area contributed by atoms with Gasteiger partial charge in [-0.05, 0) is 24.3 Å². The van der Waals surface area contributed by atoms with Crippen LogP contribution in [0.2, 0.25) is 10.0 Å². The van der Waals surface area contributed by atoms with Gasteiger partial charge >= 0.3 is 0 Å². The quantitative estimate of drug-likeness (QED) is 0.524. The fourth-order valence-corrected chi connectivity index (χ4v) is 3.14. The number of amides is 2. The van der Waals surface area contributed by atoms with Gasteiger partial charge < -0.3 is 15.8 Å². The topological polar surface area (TPSA) is 85.1 Å². The minimum atomic E-state index is -0.529. The highest BCUT2D eigenvalue weighted by Gasteiger charge is 2.19. The lowest BCUT2D eigenvalue weighted by atomic mass is 10.1. The van der Waals surface area contributed by atoms with Crippen molar-refractivity contribution < 1.29 is 14.3 Å². The van der Waals surface area contributed by atoms with Crippen molar-refractivity contribution in [3.8, 4) is 0 Å². The first-order valence-electron chi connectivity index (χ1n) is 7.55. The van der Waals surface area contributed by atoms with Crippen molar-refractivity contribution in [1.29, 1.82) is 0 Å². The number of hydrogen-bond acceptors (Lipinski definition) is 3. The molecule has 0 spiro atoms. The minimum absolute atomic E-state index is 0.0443. The van der Waals surface area contributed by atoms with Crippen LogP contribution >= 0.6 is 23.2 Å². The third kappa shape index (κ3) is 3.56. The number of hydrogen-bond donors (Lipinski definition) is 2. The van der Waals surface area contributed by atoms with Crippen LogP contribution in [0.4, 0.5) is 11.4 Å². The molecule has 0 aliphatic rings. The average Bonchev–Trinajstić information content (AvgIpc) is 2.57. The lowest BCUT2D eigenvalue weighted by Crippen LogP contribution is -2.23. The second kappa shape index (κ2) is 7.19. The maximum Gasteiger partial charge on any atom is 0.258 e. The fraction of sp³-hybridized carbons (Fsp3) is 0.0556. The van der Waals surface area contributed by atoms with Crippen molar-refractivity contribution in [3.63, 3.8) is 0 Å². The number of benzene rings is 2. The van der Waals surface area contributed by atoms with Crippen LogP contribution < -0.4 is 15.4 Å². The summed E-state index contributed by atoms with van der Waals surface area (Å²) in [7, 11) is 0. The van der Waals surface area contributed by atoms with Crippen molar-refractivity contribution >= 4 is 57.2 Å². The molecule has 6 nitrogen and oxygen atoms in total. The maximum absolute atomic E-state index is 12.7. The highest BCUT2D eigenvalue weighted by atomic mass is 35.5. The molecule has 3 aromatic rings. The molecule has 0 aliphatic carbocycles. The Balaban J connectivity index is 2.00. The molecule has 0 aliphatic heterocycles. The molecule has 0 unspecified atom stereocenters. The Hall–Kier alpha value is -2.83. The van der Waals surface area contributed by atoms with Crippen LogP contribution in [0.1, 0.15) is 17.3 Å². The molecular weight excluding hydrogens is 377 g/mol. The number of carbonyl (C=O) groups excluding carboxylic acids is 2. The molecule has 132 valence electrons. The number of fused-ring (bicyclic) bond motifs is 1. The van der Waals surface area contributed by atoms with Gasteiger partial charge in [0.15, 0.2) is 12.4 Å². The van der Waals surface area contributed by atoms with Gasteiger partial charge in [-0.15, -0.1) is 0 Å². The van der Waals surface area contributed by atoms with E-state index in [1.54, 1.807) is 24.3 Å². The molecule has 2 amide bonds. The lowest BCUT2D eigenvalue weighted by Gasteiger charge is -2.13. The number of carbonyl (C=O) groups is 2. The number of nitrogens with zero attached hydrogens (tertiary/aromatic N) is 1. The predicted octanol–water partition coefficient (Wildman–Crippen LogP) is 3.99. The van der Waals surface area contributed by atoms with Gasteiger partial charge in [-0.1, -0.05) is 29.3 Å². The van der Waals surface area contributed by atoms with Crippen LogP contribution in [-0.4, -0.2) is 11.8 Å². The second-order valence-electron chi connectivity index (χ2n) is 5.53. The molecule has 0 atom stereocenters. The van der Waals surface area contributed by atoms with Crippen LogP contribution in [0.3, 0.4) is 0 Å². The molecular formula is C18H13Cl2N3O3. The van der Waals surface area contributed by atoms with E-state index in [0.717, 1.165) is 0 Å². The van der Waals surface area contributed by atoms with E-state index in [9.17, 15) is 14.8 Å². The molecule has 0 saturated carbocycles. The van der Waals surface area contributed by atoms with Crippen molar-refractivity contribution in [3.05, 3.63) is 69.6 Å². The van der Waals surface area contributed by atoms with Crippen LogP contribution in [-0.2, 0) is 4.79 Å². The molecule has 1 heterocycles. The molecule has 2 N–H and O–H groups in total. The van der Waals surface area contributed by atoms with Gasteiger partial charge in [0.1, 0.15) is 0 Å². The second-order valence-corrected chi connectivity index (χ2v) is 6.32. The summed E-state index contributed by atoms with van der Waals surface area (Å²) in [4.78, 5) is 24.0. The van der Waals surface area contributed by atoms with Crippen LogP contribution in [0.25, 0.3) is 10.8 Å². The van der Waals surface area contributed by atoms with E-state index < -0.39 is 5.91 Å². The Labute approximate surface area is 158 Å². The van der Waals surface area contributed by atoms with E-state index >= 15 is 0 Å². The number of aromatic nitrogens is 1. The lowest BCUT2D eigenvalue weighted by molar-refractivity contribution is -0.603. The SMILES string of the molecule is CC(=O)Nc1ccc(Cl)c(C(=O)Nc2cccc3c[n+]([O-])ccc23)c1Cl. The van der Waals surface area contributed by atoms with Crippen molar-refractivity contribution in [2.75, 3.05) is 10.6 Å². The molecule has 3 rings (SSSR count). The Morgan fingerprint density at radius 1 is 1.04 bits per heavy atom. The molecule has 26 heavy (non-hydrogen) atoms. The molecule has 0 fully saturated rings. The van der Waals surface area contributed by atoms with E-state index in [2.05, 4.69) is 10.6 Å². The number of rotatable bonds is 3. The zero-order valence-corrected chi connectivity index (χ0v) is 15.1. The van der Waals surface area contributed by atoms with Gasteiger partial charge in [-0.3, -0.25) is 9.59 Å². The number of halogens is 2. The van der Waals surface area contributed by atoms with Gasteiger partial charge in [0, 0.05) is 29.4 Å². The summed E-state index contributed by atoms with van der Waals surface area (Å²) in [5, 5.41) is 18.3. The normalized spacial score (nSPS) is 10.6. The molecule has 0 bridgehead atoms. The minimum Gasteiger partial charge on any atom is -0.619 e. The summed E-state index contributed by atoms with van der Waals surface area (Å²) in [6, 6.07) is 9.79. The van der Waals surface area contributed by atoms with E-state index in [1.807, 2.05) is 0 Å². The first-order valence-corrected chi connectivity index (χ1v) is 8.31. The van der Waals surface area contributed by atoms with Gasteiger partial charge in [-0.25, -0.2) is 0 Å². The van der Waals surface area contributed by atoms with Crippen LogP contribution in [0, 0.1) is 5.21 Å². The number of nitrogens with one attached hydrogen (secondary N) is 2. The van der Waals surface area contributed by atoms with Crippen molar-refractivity contribution in [1.82, 2.24) is 0 Å². The van der Waals surface area contributed by atoms with E-state index in [4.69, 9.17) is 23.2 Å². The maximum atomic E-state index is 12.7. The van der Waals surface area contributed by atoms with Crippen molar-refractivity contribution in [2.45, 2.75) is 6.92 Å². The molecule has 0 radical (unpaired) electrons. The Morgan fingerprint density at radius 2 is 1.81 bits per heavy atom. The Morgan fingerprint density at radius 3 is 2.54 bits per heavy atom. The summed E-state index contributed by atoms with van der Waals surface area (Å²) in [5.41, 5.74) is 0.843. The average molecular weight is 390 g/mol. The number of anilines is 2. The first-order chi connectivity index (χ1) is 12.4. The van der Waals surface area contributed by atoms with Gasteiger partial charge in [0.25, 0.3) is 5.91 Å². The Kier molecular flexibility index (Phi) is 4.97.